The van der Waals surface area contributed by atoms with Crippen LogP contribution in [0.4, 0.5) is 0 Å². The Balaban J connectivity index is 2.48. The predicted octanol–water partition coefficient (Wildman–Crippen LogP) is 9.01. The van der Waals surface area contributed by atoms with Crippen LogP contribution in [0.1, 0.15) is 155 Å². The van der Waals surface area contributed by atoms with Gasteiger partial charge >= 0.3 is 25.7 Å². The number of phosphoric ester groups is 1. The van der Waals surface area contributed by atoms with Crippen LogP contribution in [0.25, 0.3) is 0 Å². The molecular formula is C44H74NO12P. The molecule has 1 unspecified atom stereocenters. The third kappa shape index (κ3) is 28.5. The minimum Gasteiger partial charge on any atom is -0.480 e. The Kier molecular flexibility index (Phi) is 31.0. The first-order valence-electron chi connectivity index (χ1n) is 21.7. The average Bonchev–Trinajstić information content (AvgIpc) is 3.55. The zero-order valence-corrected chi connectivity index (χ0v) is 36.1. The smallest absolute Gasteiger partial charge is 0.472 e. The molecule has 5 N–H and O–H groups in total. The number of carboxylic acids is 1. The van der Waals surface area contributed by atoms with Crippen molar-refractivity contribution >= 4 is 31.5 Å². The highest BCUT2D eigenvalue weighted by Gasteiger charge is 2.29. The Morgan fingerprint density at radius 2 is 1.34 bits per heavy atom. The molecule has 0 heterocycles. The summed E-state index contributed by atoms with van der Waals surface area (Å²) < 4.78 is 32.7. The van der Waals surface area contributed by atoms with Gasteiger partial charge in [0.2, 0.25) is 0 Å². The maximum atomic E-state index is 12.7. The van der Waals surface area contributed by atoms with Gasteiger partial charge in [0, 0.05) is 18.8 Å². The highest BCUT2D eigenvalue weighted by atomic mass is 31.2. The Hall–Kier alpha value is -2.93. The summed E-state index contributed by atoms with van der Waals surface area (Å²) in [6.45, 7) is 2.48. The van der Waals surface area contributed by atoms with Crippen LogP contribution in [0.15, 0.2) is 48.6 Å². The molecule has 1 aliphatic carbocycles. The second-order valence-electron chi connectivity index (χ2n) is 15.1. The number of ketones is 1. The third-order valence-electron chi connectivity index (χ3n) is 9.80. The zero-order valence-electron chi connectivity index (χ0n) is 35.2. The molecule has 13 nitrogen and oxygen atoms in total. The summed E-state index contributed by atoms with van der Waals surface area (Å²) in [4.78, 5) is 58.5. The summed E-state index contributed by atoms with van der Waals surface area (Å²) in [5.41, 5.74) is 5.33. The van der Waals surface area contributed by atoms with E-state index >= 15 is 0 Å². The minimum atomic E-state index is -4.78. The van der Waals surface area contributed by atoms with E-state index in [1.807, 2.05) is 18.2 Å². The van der Waals surface area contributed by atoms with Crippen molar-refractivity contribution in [2.24, 2.45) is 17.6 Å². The molecule has 0 spiro atoms. The lowest BCUT2D eigenvalue weighted by Crippen LogP contribution is -2.34. The fourth-order valence-corrected chi connectivity index (χ4v) is 7.00. The number of nitrogens with two attached hydrogens (primary N) is 1. The van der Waals surface area contributed by atoms with E-state index in [9.17, 15) is 33.7 Å². The molecule has 0 aromatic carbocycles. The number of unbranched alkanes of at least 4 members (excludes halogenated alkanes) is 14. The van der Waals surface area contributed by atoms with Gasteiger partial charge in [-0.2, -0.15) is 0 Å². The number of esters is 2. The lowest BCUT2D eigenvalue weighted by Gasteiger charge is -2.20. The number of carboxylic acid groups (broad SMARTS) is 1. The van der Waals surface area contributed by atoms with Gasteiger partial charge in [-0.25, -0.2) is 4.57 Å². The topological polar surface area (TPSA) is 209 Å². The molecule has 332 valence electrons. The number of carbonyl (C=O) groups is 4. The average molecular weight is 840 g/mol. The van der Waals surface area contributed by atoms with Crippen molar-refractivity contribution in [3.05, 3.63) is 48.6 Å². The van der Waals surface area contributed by atoms with Gasteiger partial charge in [-0.15, -0.1) is 0 Å². The van der Waals surface area contributed by atoms with Crippen molar-refractivity contribution in [2.45, 2.75) is 173 Å². The number of phosphoric acid groups is 1. The number of hydrogen-bond donors (Lipinski definition) is 4. The van der Waals surface area contributed by atoms with Gasteiger partial charge < -0.3 is 30.3 Å². The van der Waals surface area contributed by atoms with Gasteiger partial charge in [-0.3, -0.25) is 28.2 Å². The summed E-state index contributed by atoms with van der Waals surface area (Å²) in [6.07, 6.45) is 33.8. The number of aliphatic carboxylic acids is 1. The van der Waals surface area contributed by atoms with Crippen LogP contribution < -0.4 is 5.73 Å². The van der Waals surface area contributed by atoms with Gasteiger partial charge in [-0.05, 0) is 69.8 Å². The van der Waals surface area contributed by atoms with Crippen LogP contribution in [0.5, 0.6) is 0 Å². The molecule has 58 heavy (non-hydrogen) atoms. The van der Waals surface area contributed by atoms with Crippen molar-refractivity contribution in [1.29, 1.82) is 0 Å². The Labute approximate surface area is 347 Å². The molecule has 0 fully saturated rings. The standard InChI is InChI=1S/C44H74NO12P/c1-3-5-7-8-9-10-11-12-13-14-15-16-17-18-23-27-42(48)54-33-38(34-55-58(52,53)56-35-40(45)44(50)51)57-43(49)28-24-20-19-22-25-36-29-32-41(47)39(36)31-30-37(46)26-21-6-4-2/h12-13,19,22,29-32,36-40,46H,3-11,14-18,20-21,23-28,33-35,45H2,1-2H3,(H,50,51)(H,52,53)/b13-12-,22-19-,31-30+/t36-,37-,38+,39+,40-/m0/s1. The minimum absolute atomic E-state index is 0.00749. The maximum Gasteiger partial charge on any atom is 0.472 e. The van der Waals surface area contributed by atoms with Gasteiger partial charge in [0.25, 0.3) is 0 Å². The van der Waals surface area contributed by atoms with E-state index < -0.39 is 63.8 Å². The number of allylic oxidation sites excluding steroid dienone is 7. The fraction of sp³-hybridized carbons (Fsp3) is 0.727. The first-order valence-corrected chi connectivity index (χ1v) is 23.2. The molecule has 1 rings (SSSR count). The summed E-state index contributed by atoms with van der Waals surface area (Å²) in [7, 11) is -4.78. The fourth-order valence-electron chi connectivity index (χ4n) is 6.23. The second-order valence-corrected chi connectivity index (χ2v) is 16.6. The lowest BCUT2D eigenvalue weighted by molar-refractivity contribution is -0.161. The van der Waals surface area contributed by atoms with Gasteiger partial charge in [0.15, 0.2) is 11.9 Å². The number of ether oxygens (including phenoxy) is 2. The quantitative estimate of drug-likeness (QED) is 0.0199. The van der Waals surface area contributed by atoms with Crippen LogP contribution in [-0.4, -0.2) is 76.9 Å². The van der Waals surface area contributed by atoms with E-state index in [0.29, 0.717) is 32.1 Å². The van der Waals surface area contributed by atoms with E-state index in [1.165, 1.54) is 38.5 Å². The van der Waals surface area contributed by atoms with Crippen LogP contribution in [0, 0.1) is 11.8 Å². The molecule has 0 saturated heterocycles. The summed E-state index contributed by atoms with van der Waals surface area (Å²) in [5, 5.41) is 19.1. The highest BCUT2D eigenvalue weighted by molar-refractivity contribution is 7.47. The van der Waals surface area contributed by atoms with E-state index in [2.05, 4.69) is 30.5 Å². The SMILES string of the molecule is CCCCCCCC/C=C\CCCCCCCC(=O)OC[C@H](COP(=O)(O)OC[C@H](N)C(=O)O)OC(=O)CCC/C=C\C[C@H]1C=CC(=O)[C@@H]1/C=C/[C@@H](O)CCCCC. The molecule has 0 amide bonds. The number of hydrogen-bond acceptors (Lipinski definition) is 11. The van der Waals surface area contributed by atoms with E-state index in [0.717, 1.165) is 57.8 Å². The number of aliphatic hydroxyl groups is 1. The van der Waals surface area contributed by atoms with Gasteiger partial charge in [-0.1, -0.05) is 127 Å². The monoisotopic (exact) mass is 839 g/mol. The molecule has 0 aliphatic heterocycles. The van der Waals surface area contributed by atoms with Crippen LogP contribution in [0.3, 0.4) is 0 Å². The van der Waals surface area contributed by atoms with Crippen molar-refractivity contribution in [3.63, 3.8) is 0 Å². The van der Waals surface area contributed by atoms with E-state index in [1.54, 1.807) is 18.2 Å². The molecule has 6 atom stereocenters. The van der Waals surface area contributed by atoms with Gasteiger partial charge in [0.05, 0.1) is 19.3 Å². The molecule has 1 aliphatic rings. The molecule has 0 saturated carbocycles. The molecule has 0 radical (unpaired) electrons. The molecule has 0 bridgehead atoms. The van der Waals surface area contributed by atoms with E-state index in [-0.39, 0.29) is 30.5 Å². The van der Waals surface area contributed by atoms with Crippen molar-refractivity contribution in [1.82, 2.24) is 0 Å². The molecule has 14 heteroatoms. The number of carbonyl (C=O) groups excluding carboxylic acids is 3. The van der Waals surface area contributed by atoms with Crippen LogP contribution in [0.2, 0.25) is 0 Å². The Bertz CT molecular complexity index is 1320. The Morgan fingerprint density at radius 1 is 0.776 bits per heavy atom. The van der Waals surface area contributed by atoms with Crippen molar-refractivity contribution < 1.29 is 57.4 Å². The van der Waals surface area contributed by atoms with Crippen LogP contribution in [-0.2, 0) is 42.3 Å². The van der Waals surface area contributed by atoms with Crippen molar-refractivity contribution in [2.75, 3.05) is 19.8 Å². The third-order valence-corrected chi connectivity index (χ3v) is 10.7. The normalized spacial score (nSPS) is 18.3. The summed E-state index contributed by atoms with van der Waals surface area (Å²) >= 11 is 0. The summed E-state index contributed by atoms with van der Waals surface area (Å²) in [6, 6.07) is -1.56. The zero-order chi connectivity index (χ0) is 42.9. The first kappa shape index (κ1) is 53.1. The predicted molar refractivity (Wildman–Crippen MR) is 226 cm³/mol. The highest BCUT2D eigenvalue weighted by Crippen LogP contribution is 2.43. The molecule has 0 aromatic rings. The van der Waals surface area contributed by atoms with Gasteiger partial charge in [0.1, 0.15) is 12.6 Å². The number of aliphatic hydroxyl groups excluding tert-OH is 1. The molecular weight excluding hydrogens is 765 g/mol. The van der Waals surface area contributed by atoms with E-state index in [4.69, 9.17) is 24.8 Å². The second kappa shape index (κ2) is 33.9. The lowest BCUT2D eigenvalue weighted by atomic mass is 9.90. The van der Waals surface area contributed by atoms with Crippen molar-refractivity contribution in [3.8, 4) is 0 Å². The summed E-state index contributed by atoms with van der Waals surface area (Å²) in [5.74, 6) is -2.89. The van der Waals surface area contributed by atoms with Crippen LogP contribution >= 0.6 is 7.82 Å². The maximum absolute atomic E-state index is 12.7. The number of rotatable bonds is 37. The largest absolute Gasteiger partial charge is 0.480 e. The first-order chi connectivity index (χ1) is 27.9. The molecule has 0 aromatic heterocycles. The Morgan fingerprint density at radius 3 is 2.02 bits per heavy atom.